The average molecular weight is 425 g/mol. The molecule has 2 N–H and O–H groups in total. The van der Waals surface area contributed by atoms with Gasteiger partial charge in [-0.2, -0.15) is 0 Å². The van der Waals surface area contributed by atoms with Gasteiger partial charge in [-0.1, -0.05) is 23.2 Å². The van der Waals surface area contributed by atoms with Gasteiger partial charge in [0.1, 0.15) is 11.2 Å². The van der Waals surface area contributed by atoms with Gasteiger partial charge in [-0.15, -0.1) is 11.3 Å². The van der Waals surface area contributed by atoms with E-state index in [9.17, 15) is 4.79 Å². The van der Waals surface area contributed by atoms with Crippen molar-refractivity contribution in [3.8, 4) is 0 Å². The van der Waals surface area contributed by atoms with Gasteiger partial charge in [0.25, 0.3) is 5.56 Å². The van der Waals surface area contributed by atoms with Crippen molar-refractivity contribution in [3.05, 3.63) is 55.4 Å². The Bertz CT molecular complexity index is 1080. The minimum absolute atomic E-state index is 0.138. The van der Waals surface area contributed by atoms with Crippen LogP contribution < -0.4 is 16.3 Å². The fraction of sp³-hybridized carbons (Fsp3) is 0.235. The van der Waals surface area contributed by atoms with E-state index in [-0.39, 0.29) is 10.7 Å². The van der Waals surface area contributed by atoms with E-state index in [2.05, 4.69) is 15.7 Å². The summed E-state index contributed by atoms with van der Waals surface area (Å²) in [5, 5.41) is 4.87. The van der Waals surface area contributed by atoms with Crippen molar-refractivity contribution in [1.82, 2.24) is 9.66 Å². The normalized spacial score (nSPS) is 13.5. The van der Waals surface area contributed by atoms with Crippen LogP contribution in [0.1, 0.15) is 23.3 Å². The lowest BCUT2D eigenvalue weighted by Gasteiger charge is -2.14. The van der Waals surface area contributed by atoms with E-state index in [0.29, 0.717) is 21.1 Å². The quantitative estimate of drug-likeness (QED) is 0.589. The molecule has 134 valence electrons. The monoisotopic (exact) mass is 424 g/mol. The van der Waals surface area contributed by atoms with Crippen LogP contribution in [0.5, 0.6) is 0 Å². The summed E-state index contributed by atoms with van der Waals surface area (Å²) in [4.78, 5) is 19.4. The lowest BCUT2D eigenvalue weighted by molar-refractivity contribution is 0.699. The molecule has 0 spiro atoms. The third-order valence-electron chi connectivity index (χ3n) is 4.28. The number of anilines is 1. The van der Waals surface area contributed by atoms with Gasteiger partial charge in [0.05, 0.1) is 16.1 Å². The second kappa shape index (κ2) is 7.15. The largest absolute Gasteiger partial charge is 0.330 e. The number of thiophene rings is 1. The summed E-state index contributed by atoms with van der Waals surface area (Å²) >= 11 is 18.9. The first-order valence-corrected chi connectivity index (χ1v) is 10.1. The van der Waals surface area contributed by atoms with Gasteiger partial charge in [0, 0.05) is 9.90 Å². The highest BCUT2D eigenvalue weighted by Gasteiger charge is 2.20. The highest BCUT2D eigenvalue weighted by atomic mass is 35.5. The summed E-state index contributed by atoms with van der Waals surface area (Å²) in [7, 11) is 0. The molecular formula is C17H14Cl2N4OS2. The van der Waals surface area contributed by atoms with Gasteiger partial charge in [-0.25, -0.2) is 9.66 Å². The molecule has 0 fully saturated rings. The zero-order valence-corrected chi connectivity index (χ0v) is 16.7. The maximum absolute atomic E-state index is 12.9. The van der Waals surface area contributed by atoms with Crippen molar-refractivity contribution in [2.45, 2.75) is 25.7 Å². The Kier molecular flexibility index (Phi) is 4.88. The third-order valence-corrected chi connectivity index (χ3v) is 6.22. The molecule has 5 nitrogen and oxygen atoms in total. The topological polar surface area (TPSA) is 59.0 Å². The van der Waals surface area contributed by atoms with Crippen LogP contribution in [0.2, 0.25) is 10.0 Å². The number of aryl methyl sites for hydroxylation is 2. The Morgan fingerprint density at radius 3 is 2.88 bits per heavy atom. The molecular weight excluding hydrogens is 411 g/mol. The first kappa shape index (κ1) is 17.7. The van der Waals surface area contributed by atoms with Crippen LogP contribution in [0, 0.1) is 0 Å². The standard InChI is InChI=1S/C17H14Cl2N4OS2/c18-9-5-6-12(11(19)7-9)21-17(25)22-23-8-20-15-14(16(23)24)10-3-1-2-4-13(10)26-15/h5-8H,1-4H2,(H2,21,22,25). The van der Waals surface area contributed by atoms with Crippen molar-refractivity contribution in [2.75, 3.05) is 10.7 Å². The highest BCUT2D eigenvalue weighted by molar-refractivity contribution is 7.80. The molecule has 0 aliphatic heterocycles. The number of rotatable bonds is 2. The number of halogens is 2. The molecule has 0 radical (unpaired) electrons. The molecule has 2 heterocycles. The number of nitrogens with one attached hydrogen (secondary N) is 2. The summed E-state index contributed by atoms with van der Waals surface area (Å²) in [6.45, 7) is 0. The van der Waals surface area contributed by atoms with Gasteiger partial charge in [0.2, 0.25) is 0 Å². The molecule has 0 amide bonds. The van der Waals surface area contributed by atoms with Gasteiger partial charge < -0.3 is 5.32 Å². The van der Waals surface area contributed by atoms with Crippen molar-refractivity contribution in [3.63, 3.8) is 0 Å². The fourth-order valence-corrected chi connectivity index (χ4v) is 4.96. The second-order valence-electron chi connectivity index (χ2n) is 6.00. The van der Waals surface area contributed by atoms with Gasteiger partial charge in [-0.05, 0) is 61.7 Å². The predicted molar refractivity (Wildman–Crippen MR) is 113 cm³/mol. The van der Waals surface area contributed by atoms with Crippen LogP contribution in [0.15, 0.2) is 29.3 Å². The summed E-state index contributed by atoms with van der Waals surface area (Å²) in [6.07, 6.45) is 5.69. The van der Waals surface area contributed by atoms with Crippen LogP contribution in [0.3, 0.4) is 0 Å². The Balaban J connectivity index is 1.61. The molecule has 26 heavy (non-hydrogen) atoms. The van der Waals surface area contributed by atoms with Crippen molar-refractivity contribution >= 4 is 67.8 Å². The van der Waals surface area contributed by atoms with Gasteiger partial charge in [0.15, 0.2) is 5.11 Å². The molecule has 1 aliphatic rings. The van der Waals surface area contributed by atoms with E-state index in [1.165, 1.54) is 22.3 Å². The average Bonchev–Trinajstić information content (AvgIpc) is 2.99. The molecule has 1 aromatic carbocycles. The molecule has 0 unspecified atom stereocenters. The summed E-state index contributed by atoms with van der Waals surface area (Å²) in [6, 6.07) is 5.04. The minimum Gasteiger partial charge on any atom is -0.330 e. The number of hydrogen-bond acceptors (Lipinski definition) is 4. The van der Waals surface area contributed by atoms with Crippen LogP contribution in [0.25, 0.3) is 10.2 Å². The van der Waals surface area contributed by atoms with Gasteiger partial charge >= 0.3 is 0 Å². The molecule has 0 saturated carbocycles. The first-order valence-electron chi connectivity index (χ1n) is 8.08. The van der Waals surface area contributed by atoms with E-state index in [1.807, 2.05) is 0 Å². The molecule has 1 aliphatic carbocycles. The maximum Gasteiger partial charge on any atom is 0.281 e. The number of hydrogen-bond donors (Lipinski definition) is 2. The van der Waals surface area contributed by atoms with E-state index in [1.54, 1.807) is 29.5 Å². The fourth-order valence-electron chi connectivity index (χ4n) is 3.08. The molecule has 0 atom stereocenters. The number of benzene rings is 1. The summed E-state index contributed by atoms with van der Waals surface area (Å²) in [5.74, 6) is 0. The molecule has 0 saturated heterocycles. The van der Waals surface area contributed by atoms with E-state index in [0.717, 1.165) is 29.7 Å². The molecule has 0 bridgehead atoms. The Labute approximate surface area is 168 Å². The molecule has 4 rings (SSSR count). The first-order chi connectivity index (χ1) is 12.5. The number of thiocarbonyl (C=S) groups is 1. The zero-order chi connectivity index (χ0) is 18.3. The lowest BCUT2D eigenvalue weighted by Crippen LogP contribution is -2.35. The number of fused-ring (bicyclic) bond motifs is 3. The molecule has 9 heteroatoms. The lowest BCUT2D eigenvalue weighted by atomic mass is 9.97. The van der Waals surface area contributed by atoms with E-state index < -0.39 is 0 Å². The molecule has 2 aromatic heterocycles. The third kappa shape index (κ3) is 3.32. The molecule has 3 aromatic rings. The Morgan fingerprint density at radius 1 is 1.27 bits per heavy atom. The Hall–Kier alpha value is -1.67. The van der Waals surface area contributed by atoms with Crippen LogP contribution >= 0.6 is 46.8 Å². The van der Waals surface area contributed by atoms with Gasteiger partial charge in [-0.3, -0.25) is 10.2 Å². The van der Waals surface area contributed by atoms with Crippen molar-refractivity contribution < 1.29 is 0 Å². The Morgan fingerprint density at radius 2 is 2.08 bits per heavy atom. The summed E-state index contributed by atoms with van der Waals surface area (Å²) < 4.78 is 1.31. The zero-order valence-electron chi connectivity index (χ0n) is 13.5. The minimum atomic E-state index is -0.138. The van der Waals surface area contributed by atoms with Crippen LogP contribution in [-0.4, -0.2) is 14.8 Å². The number of aromatic nitrogens is 2. The van der Waals surface area contributed by atoms with Crippen molar-refractivity contribution in [1.29, 1.82) is 0 Å². The summed E-state index contributed by atoms with van der Waals surface area (Å²) in [5.41, 5.74) is 4.47. The van der Waals surface area contributed by atoms with Crippen molar-refractivity contribution in [2.24, 2.45) is 0 Å². The second-order valence-corrected chi connectivity index (χ2v) is 8.34. The van der Waals surface area contributed by atoms with Crippen LogP contribution in [0.4, 0.5) is 5.69 Å². The highest BCUT2D eigenvalue weighted by Crippen LogP contribution is 2.33. The SMILES string of the molecule is O=c1c2c3c(sc2ncn1NC(=S)Nc1ccc(Cl)cc1Cl)CCCC3. The smallest absolute Gasteiger partial charge is 0.281 e. The number of nitrogens with zero attached hydrogens (tertiary/aromatic N) is 2. The predicted octanol–water partition coefficient (Wildman–Crippen LogP) is 4.58. The van der Waals surface area contributed by atoms with E-state index >= 15 is 0 Å². The van der Waals surface area contributed by atoms with E-state index in [4.69, 9.17) is 35.4 Å². The maximum atomic E-state index is 12.9. The van der Waals surface area contributed by atoms with Crippen LogP contribution in [-0.2, 0) is 12.8 Å².